The van der Waals surface area contributed by atoms with E-state index in [9.17, 15) is 18.0 Å². The molecule has 0 spiro atoms. The van der Waals surface area contributed by atoms with E-state index < -0.39 is 22.1 Å². The van der Waals surface area contributed by atoms with Gasteiger partial charge in [0.25, 0.3) is 16.1 Å². The number of carbonyl (C=O) groups is 2. The number of ether oxygens (including phenoxy) is 1. The van der Waals surface area contributed by atoms with Gasteiger partial charge in [-0.1, -0.05) is 0 Å². The predicted octanol–water partition coefficient (Wildman–Crippen LogP) is -0.532. The van der Waals surface area contributed by atoms with Crippen LogP contribution in [0.25, 0.3) is 0 Å². The smallest absolute Gasteiger partial charge is 0.348 e. The summed E-state index contributed by atoms with van der Waals surface area (Å²) in [6.07, 6.45) is 0. The Morgan fingerprint density at radius 3 is 2.62 bits per heavy atom. The highest BCUT2D eigenvalue weighted by Gasteiger charge is 2.21. The molecule has 0 aliphatic heterocycles. The fourth-order valence-corrected chi connectivity index (χ4v) is 2.10. The minimum Gasteiger partial charge on any atom is -0.465 e. The average Bonchev–Trinajstić information content (AvgIpc) is 2.62. The molecular weight excluding hydrogens is 256 g/mol. The second-order valence-corrected chi connectivity index (χ2v) is 4.84. The van der Waals surface area contributed by atoms with Crippen LogP contribution in [0, 0.1) is 0 Å². The number of rotatable bonds is 3. The highest BCUT2D eigenvalue weighted by molar-refractivity contribution is 7.87. The zero-order chi connectivity index (χ0) is 12.3. The number of amides is 1. The van der Waals surface area contributed by atoms with E-state index in [1.165, 1.54) is 11.4 Å². The van der Waals surface area contributed by atoms with Crippen molar-refractivity contribution in [1.29, 1.82) is 0 Å². The van der Waals surface area contributed by atoms with Crippen molar-refractivity contribution in [2.75, 3.05) is 7.11 Å². The third kappa shape index (κ3) is 3.02. The largest absolute Gasteiger partial charge is 0.465 e. The van der Waals surface area contributed by atoms with Crippen molar-refractivity contribution in [1.82, 2.24) is 4.72 Å². The van der Waals surface area contributed by atoms with E-state index in [4.69, 9.17) is 0 Å². The Morgan fingerprint density at radius 2 is 2.12 bits per heavy atom. The fourth-order valence-electron chi connectivity index (χ4n) is 0.923. The first kappa shape index (κ1) is 12.6. The third-order valence-corrected chi connectivity index (χ3v) is 2.88. The van der Waals surface area contributed by atoms with Gasteiger partial charge in [-0.2, -0.15) is 8.42 Å². The molecule has 0 saturated heterocycles. The van der Waals surface area contributed by atoms with E-state index in [0.717, 1.165) is 18.4 Å². The molecular formula is C7H8N2O5S2. The van der Waals surface area contributed by atoms with Gasteiger partial charge in [0.2, 0.25) is 0 Å². The maximum absolute atomic E-state index is 11.4. The maximum atomic E-state index is 11.4. The Morgan fingerprint density at radius 1 is 1.50 bits per heavy atom. The summed E-state index contributed by atoms with van der Waals surface area (Å²) in [5, 5.41) is 6.09. The minimum atomic E-state index is -4.15. The van der Waals surface area contributed by atoms with Crippen LogP contribution in [-0.2, 0) is 14.9 Å². The lowest BCUT2D eigenvalue weighted by molar-refractivity contribution is 0.0602. The number of methoxy groups -OCH3 is 1. The number of esters is 1. The third-order valence-electron chi connectivity index (χ3n) is 1.52. The van der Waals surface area contributed by atoms with Crippen molar-refractivity contribution in [2.45, 2.75) is 0 Å². The molecule has 0 fully saturated rings. The number of thiophene rings is 1. The summed E-state index contributed by atoms with van der Waals surface area (Å²) in [7, 11) is -2.99. The van der Waals surface area contributed by atoms with Gasteiger partial charge in [-0.25, -0.2) is 14.7 Å². The Hall–Kier alpha value is -1.45. The lowest BCUT2D eigenvalue weighted by atomic mass is 10.2. The summed E-state index contributed by atoms with van der Waals surface area (Å²) in [6.45, 7) is 0. The normalized spacial score (nSPS) is 10.9. The molecule has 7 nitrogen and oxygen atoms in total. The summed E-state index contributed by atoms with van der Waals surface area (Å²) < 4.78 is 27.2. The molecule has 0 atom stereocenters. The molecule has 0 saturated carbocycles. The molecule has 0 bridgehead atoms. The van der Waals surface area contributed by atoms with Crippen molar-refractivity contribution >= 4 is 33.4 Å². The van der Waals surface area contributed by atoms with Crippen LogP contribution in [0.15, 0.2) is 11.4 Å². The molecule has 88 valence electrons. The summed E-state index contributed by atoms with van der Waals surface area (Å²) in [4.78, 5) is 22.6. The van der Waals surface area contributed by atoms with Crippen LogP contribution in [-0.4, -0.2) is 27.4 Å². The number of hydrogen-bond donors (Lipinski definition) is 2. The Bertz CT molecular complexity index is 519. The Labute approximate surface area is 95.4 Å². The first-order valence-corrected chi connectivity index (χ1v) is 6.28. The molecule has 3 N–H and O–H groups in total. The molecule has 1 aromatic rings. The average molecular weight is 264 g/mol. The van der Waals surface area contributed by atoms with Crippen molar-refractivity contribution in [3.8, 4) is 0 Å². The maximum Gasteiger partial charge on any atom is 0.348 e. The molecule has 0 radical (unpaired) electrons. The minimum absolute atomic E-state index is 0.0173. The first-order valence-electron chi connectivity index (χ1n) is 3.86. The second kappa shape index (κ2) is 4.60. The standard InChI is InChI=1S/C7H8N2O5S2/c1-14-7(11)5-4(2-3-15-5)6(10)9-16(8,12)13/h2-3H,1H3,(H,9,10)(H2,8,12,13). The van der Waals surface area contributed by atoms with Gasteiger partial charge in [0.1, 0.15) is 4.88 Å². The Kier molecular flexibility index (Phi) is 3.62. The first-order chi connectivity index (χ1) is 7.35. The zero-order valence-electron chi connectivity index (χ0n) is 8.09. The van der Waals surface area contributed by atoms with Crippen LogP contribution < -0.4 is 9.86 Å². The van der Waals surface area contributed by atoms with Gasteiger partial charge in [-0.05, 0) is 11.4 Å². The lowest BCUT2D eigenvalue weighted by Crippen LogP contribution is -2.36. The van der Waals surface area contributed by atoms with Crippen LogP contribution in [0.1, 0.15) is 20.0 Å². The molecule has 0 aliphatic rings. The SMILES string of the molecule is COC(=O)c1sccc1C(=O)NS(N)(=O)=O. The summed E-state index contributed by atoms with van der Waals surface area (Å²) in [5.74, 6) is -1.68. The quantitative estimate of drug-likeness (QED) is 0.712. The highest BCUT2D eigenvalue weighted by atomic mass is 32.2. The monoisotopic (exact) mass is 264 g/mol. The predicted molar refractivity (Wildman–Crippen MR) is 56.2 cm³/mol. The van der Waals surface area contributed by atoms with E-state index in [-0.39, 0.29) is 10.4 Å². The molecule has 9 heteroatoms. The van der Waals surface area contributed by atoms with E-state index in [1.807, 2.05) is 0 Å². The van der Waals surface area contributed by atoms with Crippen LogP contribution >= 0.6 is 11.3 Å². The van der Waals surface area contributed by atoms with Crippen molar-refractivity contribution in [3.63, 3.8) is 0 Å². The van der Waals surface area contributed by atoms with Gasteiger partial charge < -0.3 is 4.74 Å². The van der Waals surface area contributed by atoms with Gasteiger partial charge in [-0.15, -0.1) is 11.3 Å². The summed E-state index contributed by atoms with van der Waals surface area (Å²) in [5.41, 5.74) is -0.0918. The summed E-state index contributed by atoms with van der Waals surface area (Å²) in [6, 6.07) is 1.30. The molecule has 1 aromatic heterocycles. The van der Waals surface area contributed by atoms with Crippen LogP contribution in [0.5, 0.6) is 0 Å². The molecule has 0 unspecified atom stereocenters. The van der Waals surface area contributed by atoms with Gasteiger partial charge >= 0.3 is 5.97 Å². The number of nitrogens with two attached hydrogens (primary N) is 1. The van der Waals surface area contributed by atoms with Gasteiger partial charge in [-0.3, -0.25) is 4.79 Å². The second-order valence-electron chi connectivity index (χ2n) is 2.63. The Balaban J connectivity index is 3.01. The van der Waals surface area contributed by atoms with Gasteiger partial charge in [0.05, 0.1) is 12.7 Å². The van der Waals surface area contributed by atoms with Gasteiger partial charge in [0, 0.05) is 0 Å². The van der Waals surface area contributed by atoms with E-state index >= 15 is 0 Å². The topological polar surface area (TPSA) is 116 Å². The highest BCUT2D eigenvalue weighted by Crippen LogP contribution is 2.17. The van der Waals surface area contributed by atoms with Crippen molar-refractivity contribution in [3.05, 3.63) is 21.9 Å². The summed E-state index contributed by atoms with van der Waals surface area (Å²) >= 11 is 0.966. The lowest BCUT2D eigenvalue weighted by Gasteiger charge is -2.02. The zero-order valence-corrected chi connectivity index (χ0v) is 9.72. The molecule has 1 rings (SSSR count). The van der Waals surface area contributed by atoms with E-state index in [0.29, 0.717) is 0 Å². The van der Waals surface area contributed by atoms with Crippen molar-refractivity contribution < 1.29 is 22.7 Å². The van der Waals surface area contributed by atoms with Crippen LogP contribution in [0.3, 0.4) is 0 Å². The molecule has 0 aromatic carbocycles. The number of hydrogen-bond acceptors (Lipinski definition) is 6. The van der Waals surface area contributed by atoms with Gasteiger partial charge in [0.15, 0.2) is 0 Å². The number of carbonyl (C=O) groups excluding carboxylic acids is 2. The van der Waals surface area contributed by atoms with E-state index in [2.05, 4.69) is 9.88 Å². The molecule has 0 aliphatic carbocycles. The molecule has 1 amide bonds. The fraction of sp³-hybridized carbons (Fsp3) is 0.143. The molecule has 16 heavy (non-hydrogen) atoms. The van der Waals surface area contributed by atoms with Crippen molar-refractivity contribution in [2.24, 2.45) is 5.14 Å². The number of nitrogens with one attached hydrogen (secondary N) is 1. The van der Waals surface area contributed by atoms with E-state index in [1.54, 1.807) is 4.72 Å². The van der Waals surface area contributed by atoms with Crippen LogP contribution in [0.2, 0.25) is 0 Å². The molecule has 1 heterocycles. The van der Waals surface area contributed by atoms with Crippen LogP contribution in [0.4, 0.5) is 0 Å².